The quantitative estimate of drug-likeness (QED) is 0.620. The van der Waals surface area contributed by atoms with E-state index >= 15 is 0 Å². The number of benzene rings is 1. The summed E-state index contributed by atoms with van der Waals surface area (Å²) < 4.78 is 54.4. The number of urea groups is 1. The number of likely N-dealkylation sites (N-methyl/N-ethyl adjacent to an activating group) is 1. The lowest BCUT2D eigenvalue weighted by molar-refractivity contribution is -0.904. The minimum absolute atomic E-state index is 0.0980. The second-order valence-corrected chi connectivity index (χ2v) is 5.27. The van der Waals surface area contributed by atoms with Crippen LogP contribution in [0.25, 0.3) is 0 Å². The molecular formula is C15H20F4N3O3+. The zero-order chi connectivity index (χ0) is 19.0. The van der Waals surface area contributed by atoms with E-state index in [4.69, 9.17) is 4.74 Å². The van der Waals surface area contributed by atoms with E-state index in [2.05, 4.69) is 0 Å². The Morgan fingerprint density at radius 2 is 1.96 bits per heavy atom. The van der Waals surface area contributed by atoms with E-state index in [9.17, 15) is 27.2 Å². The van der Waals surface area contributed by atoms with Crippen LogP contribution in [-0.2, 0) is 11.3 Å². The number of carbonyl (C=O) groups excluding carboxylic acids is 2. The van der Waals surface area contributed by atoms with E-state index in [1.807, 2.05) is 5.32 Å². The van der Waals surface area contributed by atoms with E-state index in [1.54, 1.807) is 18.3 Å². The van der Waals surface area contributed by atoms with Crippen molar-refractivity contribution in [3.05, 3.63) is 29.6 Å². The van der Waals surface area contributed by atoms with Crippen LogP contribution in [0.5, 0.6) is 5.75 Å². The van der Waals surface area contributed by atoms with Gasteiger partial charge in [0.15, 0.2) is 18.1 Å². The van der Waals surface area contributed by atoms with Crippen molar-refractivity contribution in [1.29, 1.82) is 0 Å². The predicted octanol–water partition coefficient (Wildman–Crippen LogP) is 0.627. The number of carbonyl (C=O) groups is 2. The van der Waals surface area contributed by atoms with Gasteiger partial charge in [0.1, 0.15) is 13.1 Å². The SMILES string of the molecule is CC[NH+](CC(=O)NC(=O)NCC(F)(F)F)Cc1ccc(OC)c(F)c1. The smallest absolute Gasteiger partial charge is 0.405 e. The number of quaternary nitrogens is 1. The van der Waals surface area contributed by atoms with E-state index in [-0.39, 0.29) is 12.3 Å². The maximum absolute atomic E-state index is 13.7. The van der Waals surface area contributed by atoms with Gasteiger partial charge in [0.2, 0.25) is 0 Å². The number of hydrogen-bond acceptors (Lipinski definition) is 3. The molecule has 1 aromatic carbocycles. The lowest BCUT2D eigenvalue weighted by Crippen LogP contribution is -3.11. The van der Waals surface area contributed by atoms with Crippen LogP contribution in [0.15, 0.2) is 18.2 Å². The van der Waals surface area contributed by atoms with Crippen molar-refractivity contribution < 1.29 is 36.8 Å². The molecule has 6 nitrogen and oxygen atoms in total. The molecule has 0 radical (unpaired) electrons. The average molecular weight is 366 g/mol. The number of hydrogen-bond donors (Lipinski definition) is 3. The van der Waals surface area contributed by atoms with Crippen molar-refractivity contribution in [3.8, 4) is 5.75 Å². The summed E-state index contributed by atoms with van der Waals surface area (Å²) in [6.07, 6.45) is -4.56. The van der Waals surface area contributed by atoms with Crippen LogP contribution < -0.4 is 20.3 Å². The van der Waals surface area contributed by atoms with Gasteiger partial charge in [-0.2, -0.15) is 13.2 Å². The molecule has 0 saturated heterocycles. The molecule has 10 heteroatoms. The van der Waals surface area contributed by atoms with Crippen LogP contribution in [0.1, 0.15) is 12.5 Å². The summed E-state index contributed by atoms with van der Waals surface area (Å²) in [4.78, 5) is 23.7. The lowest BCUT2D eigenvalue weighted by Gasteiger charge is -2.17. The molecule has 3 amide bonds. The Morgan fingerprint density at radius 1 is 1.28 bits per heavy atom. The topological polar surface area (TPSA) is 71.9 Å². The number of amides is 3. The maximum atomic E-state index is 13.7. The molecule has 1 aromatic rings. The molecule has 1 rings (SSSR count). The number of rotatable bonds is 7. The van der Waals surface area contributed by atoms with Gasteiger partial charge in [0.05, 0.1) is 13.7 Å². The molecular weight excluding hydrogens is 346 g/mol. The zero-order valence-electron chi connectivity index (χ0n) is 13.8. The number of imide groups is 1. The number of alkyl halides is 3. The highest BCUT2D eigenvalue weighted by atomic mass is 19.4. The Balaban J connectivity index is 2.53. The molecule has 0 heterocycles. The molecule has 0 aliphatic carbocycles. The predicted molar refractivity (Wildman–Crippen MR) is 80.6 cm³/mol. The Morgan fingerprint density at radius 3 is 2.48 bits per heavy atom. The molecule has 25 heavy (non-hydrogen) atoms. The van der Waals surface area contributed by atoms with Crippen molar-refractivity contribution in [3.63, 3.8) is 0 Å². The summed E-state index contributed by atoms with van der Waals surface area (Å²) in [7, 11) is 1.34. The highest BCUT2D eigenvalue weighted by Gasteiger charge is 2.28. The number of ether oxygens (including phenoxy) is 1. The van der Waals surface area contributed by atoms with Crippen LogP contribution in [0.3, 0.4) is 0 Å². The van der Waals surface area contributed by atoms with Crippen molar-refractivity contribution in [1.82, 2.24) is 10.6 Å². The Hall–Kier alpha value is -2.36. The van der Waals surface area contributed by atoms with Gasteiger partial charge >= 0.3 is 12.2 Å². The van der Waals surface area contributed by atoms with E-state index < -0.39 is 30.5 Å². The van der Waals surface area contributed by atoms with Crippen molar-refractivity contribution >= 4 is 11.9 Å². The molecule has 0 aliphatic heterocycles. The fraction of sp³-hybridized carbons (Fsp3) is 0.467. The first kappa shape index (κ1) is 20.7. The normalized spacial score (nSPS) is 12.4. The minimum atomic E-state index is -4.56. The molecule has 0 spiro atoms. The van der Waals surface area contributed by atoms with Gasteiger partial charge < -0.3 is 15.0 Å². The number of halogens is 4. The fourth-order valence-electron chi connectivity index (χ4n) is 2.04. The lowest BCUT2D eigenvalue weighted by atomic mass is 10.2. The van der Waals surface area contributed by atoms with E-state index in [1.165, 1.54) is 19.2 Å². The molecule has 0 fully saturated rings. The number of methoxy groups -OCH3 is 1. The van der Waals surface area contributed by atoms with Gasteiger partial charge in [0.25, 0.3) is 5.91 Å². The largest absolute Gasteiger partial charge is 0.494 e. The third-order valence-electron chi connectivity index (χ3n) is 3.28. The monoisotopic (exact) mass is 366 g/mol. The highest BCUT2D eigenvalue weighted by Crippen LogP contribution is 2.17. The molecule has 140 valence electrons. The van der Waals surface area contributed by atoms with Gasteiger partial charge in [-0.3, -0.25) is 10.1 Å². The summed E-state index contributed by atoms with van der Waals surface area (Å²) in [5, 5.41) is 3.37. The van der Waals surface area contributed by atoms with Gasteiger partial charge in [0, 0.05) is 5.56 Å². The highest BCUT2D eigenvalue weighted by molar-refractivity contribution is 5.94. The van der Waals surface area contributed by atoms with Crippen molar-refractivity contribution in [2.75, 3.05) is 26.7 Å². The fourth-order valence-corrected chi connectivity index (χ4v) is 2.04. The van der Waals surface area contributed by atoms with Gasteiger partial charge in [-0.1, -0.05) is 0 Å². The van der Waals surface area contributed by atoms with Crippen LogP contribution >= 0.6 is 0 Å². The summed E-state index contributed by atoms with van der Waals surface area (Å²) >= 11 is 0. The van der Waals surface area contributed by atoms with Crippen LogP contribution in [0, 0.1) is 5.82 Å². The summed E-state index contributed by atoms with van der Waals surface area (Å²) in [6, 6.07) is 3.17. The summed E-state index contributed by atoms with van der Waals surface area (Å²) in [5.41, 5.74) is 0.615. The van der Waals surface area contributed by atoms with E-state index in [0.29, 0.717) is 23.6 Å². The first-order chi connectivity index (χ1) is 11.6. The van der Waals surface area contributed by atoms with E-state index in [0.717, 1.165) is 0 Å². The van der Waals surface area contributed by atoms with Gasteiger partial charge in [-0.15, -0.1) is 0 Å². The first-order valence-electron chi connectivity index (χ1n) is 7.45. The molecule has 0 aromatic heterocycles. The Labute approximate surface area is 142 Å². The first-order valence-corrected chi connectivity index (χ1v) is 7.45. The second-order valence-electron chi connectivity index (χ2n) is 5.27. The second kappa shape index (κ2) is 9.21. The Kier molecular flexibility index (Phi) is 7.62. The Bertz CT molecular complexity index is 608. The zero-order valence-corrected chi connectivity index (χ0v) is 13.8. The molecule has 0 saturated carbocycles. The molecule has 0 aliphatic rings. The molecule has 3 N–H and O–H groups in total. The van der Waals surface area contributed by atoms with Crippen molar-refractivity contribution in [2.45, 2.75) is 19.6 Å². The third-order valence-corrected chi connectivity index (χ3v) is 3.28. The standard InChI is InChI=1S/C15H19F4N3O3/c1-3-22(7-10-4-5-12(25-2)11(16)6-10)8-13(23)21-14(24)20-9-15(17,18)19/h4-6H,3,7-9H2,1-2H3,(H2,20,21,23,24)/p+1. The van der Waals surface area contributed by atoms with Gasteiger partial charge in [-0.05, 0) is 25.1 Å². The molecule has 1 atom stereocenters. The minimum Gasteiger partial charge on any atom is -0.494 e. The van der Waals surface area contributed by atoms with Crippen LogP contribution in [-0.4, -0.2) is 44.9 Å². The van der Waals surface area contributed by atoms with Crippen LogP contribution in [0.4, 0.5) is 22.4 Å². The summed E-state index contributed by atoms with van der Waals surface area (Å²) in [6.45, 7) is 0.900. The number of nitrogens with one attached hydrogen (secondary N) is 3. The average Bonchev–Trinajstić information content (AvgIpc) is 2.51. The molecule has 1 unspecified atom stereocenters. The van der Waals surface area contributed by atoms with Crippen molar-refractivity contribution in [2.24, 2.45) is 0 Å². The maximum Gasteiger partial charge on any atom is 0.405 e. The van der Waals surface area contributed by atoms with Crippen LogP contribution in [0.2, 0.25) is 0 Å². The third kappa shape index (κ3) is 7.84. The summed E-state index contributed by atoms with van der Waals surface area (Å²) in [5.74, 6) is -1.17. The molecule has 0 bridgehead atoms. The van der Waals surface area contributed by atoms with Gasteiger partial charge in [-0.25, -0.2) is 9.18 Å².